The predicted octanol–water partition coefficient (Wildman–Crippen LogP) is -0.833. The Bertz CT molecular complexity index is 280. The Morgan fingerprint density at radius 2 is 1.56 bits per heavy atom. The van der Waals surface area contributed by atoms with Gasteiger partial charge in [-0.3, -0.25) is 14.5 Å². The molecule has 1 fully saturated rings. The van der Waals surface area contributed by atoms with Crippen molar-refractivity contribution in [2.75, 3.05) is 19.6 Å². The fourth-order valence-electron chi connectivity index (χ4n) is 2.81. The number of hydrogen-bond donors (Lipinski definition) is 3. The molecular weight excluding hydrogens is 232 g/mol. The molecule has 0 heterocycles. The summed E-state index contributed by atoms with van der Waals surface area (Å²) in [5.41, 5.74) is 16.3. The van der Waals surface area contributed by atoms with Crippen molar-refractivity contribution in [3.8, 4) is 0 Å². The van der Waals surface area contributed by atoms with Gasteiger partial charge < -0.3 is 17.2 Å². The summed E-state index contributed by atoms with van der Waals surface area (Å²) in [4.78, 5) is 24.0. The van der Waals surface area contributed by atoms with Crippen LogP contribution in [0.4, 0.5) is 0 Å². The summed E-state index contributed by atoms with van der Waals surface area (Å²) in [5, 5.41) is 0. The minimum atomic E-state index is -0.434. The molecule has 0 aromatic heterocycles. The number of rotatable bonds is 6. The molecule has 18 heavy (non-hydrogen) atoms. The van der Waals surface area contributed by atoms with Crippen LogP contribution >= 0.6 is 0 Å². The molecule has 0 aliphatic heterocycles. The van der Waals surface area contributed by atoms with E-state index in [9.17, 15) is 9.59 Å². The van der Waals surface area contributed by atoms with Crippen LogP contribution in [0.1, 0.15) is 32.1 Å². The SMILES string of the molecule is NCC1CCCCCC1N(CC(N)=O)CC(N)=O. The third kappa shape index (κ3) is 4.62. The van der Waals surface area contributed by atoms with Gasteiger partial charge in [-0.25, -0.2) is 0 Å². The maximum Gasteiger partial charge on any atom is 0.231 e. The van der Waals surface area contributed by atoms with Crippen LogP contribution in [0.5, 0.6) is 0 Å². The minimum Gasteiger partial charge on any atom is -0.369 e. The van der Waals surface area contributed by atoms with Crippen LogP contribution in [0, 0.1) is 5.92 Å². The molecule has 2 atom stereocenters. The summed E-state index contributed by atoms with van der Waals surface area (Å²) < 4.78 is 0. The van der Waals surface area contributed by atoms with Crippen molar-refractivity contribution < 1.29 is 9.59 Å². The standard InChI is InChI=1S/C12H24N4O2/c13-6-9-4-2-1-3-5-10(9)16(7-11(14)17)8-12(15)18/h9-10H,1-8,13H2,(H2,14,17)(H2,15,18). The van der Waals surface area contributed by atoms with E-state index in [4.69, 9.17) is 17.2 Å². The highest BCUT2D eigenvalue weighted by molar-refractivity contribution is 5.79. The molecule has 1 aliphatic carbocycles. The van der Waals surface area contributed by atoms with Gasteiger partial charge in [0, 0.05) is 6.04 Å². The van der Waals surface area contributed by atoms with Crippen molar-refractivity contribution in [3.05, 3.63) is 0 Å². The Morgan fingerprint density at radius 1 is 1.00 bits per heavy atom. The van der Waals surface area contributed by atoms with Crippen LogP contribution in [-0.2, 0) is 9.59 Å². The normalized spacial score (nSPS) is 24.8. The van der Waals surface area contributed by atoms with Crippen molar-refractivity contribution in [2.45, 2.75) is 38.1 Å². The molecule has 2 amide bonds. The lowest BCUT2D eigenvalue weighted by Crippen LogP contribution is -2.49. The molecule has 6 nitrogen and oxygen atoms in total. The summed E-state index contributed by atoms with van der Waals surface area (Å²) in [7, 11) is 0. The maximum atomic E-state index is 11.1. The Morgan fingerprint density at radius 3 is 2.06 bits per heavy atom. The number of nitrogens with zero attached hydrogens (tertiary/aromatic N) is 1. The quantitative estimate of drug-likeness (QED) is 0.538. The molecule has 1 saturated carbocycles. The Balaban J connectivity index is 2.77. The minimum absolute atomic E-state index is 0.0735. The first-order valence-corrected chi connectivity index (χ1v) is 6.55. The van der Waals surface area contributed by atoms with Gasteiger partial charge in [0.15, 0.2) is 0 Å². The maximum absolute atomic E-state index is 11.1. The van der Waals surface area contributed by atoms with E-state index in [1.54, 1.807) is 4.90 Å². The number of carbonyl (C=O) groups is 2. The highest BCUT2D eigenvalue weighted by atomic mass is 16.2. The van der Waals surface area contributed by atoms with E-state index in [0.29, 0.717) is 12.5 Å². The van der Waals surface area contributed by atoms with Gasteiger partial charge in [-0.05, 0) is 25.3 Å². The molecule has 0 aromatic rings. The lowest BCUT2D eigenvalue weighted by Gasteiger charge is -2.34. The van der Waals surface area contributed by atoms with Gasteiger partial charge in [0.2, 0.25) is 11.8 Å². The van der Waals surface area contributed by atoms with E-state index < -0.39 is 11.8 Å². The Hall–Kier alpha value is -1.14. The van der Waals surface area contributed by atoms with E-state index in [1.165, 1.54) is 6.42 Å². The molecule has 0 radical (unpaired) electrons. The van der Waals surface area contributed by atoms with Crippen molar-refractivity contribution >= 4 is 11.8 Å². The van der Waals surface area contributed by atoms with Crippen molar-refractivity contribution in [3.63, 3.8) is 0 Å². The second-order valence-corrected chi connectivity index (χ2v) is 5.04. The van der Waals surface area contributed by atoms with Gasteiger partial charge in [-0.2, -0.15) is 0 Å². The average Bonchev–Trinajstić information content (AvgIpc) is 2.51. The largest absolute Gasteiger partial charge is 0.369 e. The van der Waals surface area contributed by atoms with Gasteiger partial charge in [0.05, 0.1) is 13.1 Å². The van der Waals surface area contributed by atoms with Crippen molar-refractivity contribution in [2.24, 2.45) is 23.1 Å². The molecule has 6 heteroatoms. The van der Waals surface area contributed by atoms with Crippen molar-refractivity contribution in [1.82, 2.24) is 4.90 Å². The first kappa shape index (κ1) is 14.9. The fourth-order valence-corrected chi connectivity index (χ4v) is 2.81. The van der Waals surface area contributed by atoms with Gasteiger partial charge in [0.1, 0.15) is 0 Å². The molecular formula is C12H24N4O2. The molecule has 0 bridgehead atoms. The van der Waals surface area contributed by atoms with Crippen molar-refractivity contribution in [1.29, 1.82) is 0 Å². The number of carbonyl (C=O) groups excluding carboxylic acids is 2. The fraction of sp³-hybridized carbons (Fsp3) is 0.833. The summed E-state index contributed by atoms with van der Waals surface area (Å²) in [6, 6.07) is 0.137. The third-order valence-electron chi connectivity index (χ3n) is 3.61. The summed E-state index contributed by atoms with van der Waals surface area (Å²) >= 11 is 0. The van der Waals surface area contributed by atoms with Gasteiger partial charge >= 0.3 is 0 Å². The summed E-state index contributed by atoms with van der Waals surface area (Å²) in [5.74, 6) is -0.557. The lowest BCUT2D eigenvalue weighted by atomic mass is 9.93. The second-order valence-electron chi connectivity index (χ2n) is 5.04. The molecule has 1 rings (SSSR count). The number of primary amides is 2. The Labute approximate surface area is 108 Å². The van der Waals surface area contributed by atoms with Crippen LogP contribution in [0.15, 0.2) is 0 Å². The van der Waals surface area contributed by atoms with Gasteiger partial charge in [-0.15, -0.1) is 0 Å². The molecule has 0 spiro atoms. The van der Waals surface area contributed by atoms with Crippen LogP contribution < -0.4 is 17.2 Å². The number of nitrogens with two attached hydrogens (primary N) is 3. The van der Waals surface area contributed by atoms with E-state index in [2.05, 4.69) is 0 Å². The zero-order valence-electron chi connectivity index (χ0n) is 10.8. The lowest BCUT2D eigenvalue weighted by molar-refractivity contribution is -0.123. The monoisotopic (exact) mass is 256 g/mol. The molecule has 104 valence electrons. The first-order valence-electron chi connectivity index (χ1n) is 6.55. The zero-order chi connectivity index (χ0) is 13.5. The average molecular weight is 256 g/mol. The smallest absolute Gasteiger partial charge is 0.231 e. The number of hydrogen-bond acceptors (Lipinski definition) is 4. The summed E-state index contributed by atoms with van der Waals surface area (Å²) in [6.45, 7) is 0.715. The van der Waals surface area contributed by atoms with Gasteiger partial charge in [-0.1, -0.05) is 19.3 Å². The predicted molar refractivity (Wildman–Crippen MR) is 69.4 cm³/mol. The van der Waals surface area contributed by atoms with E-state index in [0.717, 1.165) is 25.7 Å². The topological polar surface area (TPSA) is 115 Å². The summed E-state index contributed by atoms with van der Waals surface area (Å²) in [6.07, 6.45) is 5.40. The van der Waals surface area contributed by atoms with Crippen LogP contribution in [0.2, 0.25) is 0 Å². The Kier molecular flexibility index (Phi) is 6.07. The van der Waals surface area contributed by atoms with E-state index in [1.807, 2.05) is 0 Å². The molecule has 2 unspecified atom stereocenters. The first-order chi connectivity index (χ1) is 8.54. The number of amides is 2. The van der Waals surface area contributed by atoms with Crippen LogP contribution in [-0.4, -0.2) is 42.4 Å². The van der Waals surface area contributed by atoms with Crippen LogP contribution in [0.3, 0.4) is 0 Å². The molecule has 0 saturated heterocycles. The van der Waals surface area contributed by atoms with Gasteiger partial charge in [0.25, 0.3) is 0 Å². The van der Waals surface area contributed by atoms with Crippen LogP contribution in [0.25, 0.3) is 0 Å². The zero-order valence-corrected chi connectivity index (χ0v) is 10.8. The van der Waals surface area contributed by atoms with E-state index >= 15 is 0 Å². The molecule has 6 N–H and O–H groups in total. The second kappa shape index (κ2) is 7.33. The highest BCUT2D eigenvalue weighted by Crippen LogP contribution is 2.26. The molecule has 0 aromatic carbocycles. The third-order valence-corrected chi connectivity index (χ3v) is 3.61. The molecule has 1 aliphatic rings. The highest BCUT2D eigenvalue weighted by Gasteiger charge is 2.29. The van der Waals surface area contributed by atoms with E-state index in [-0.39, 0.29) is 19.1 Å².